The Labute approximate surface area is 109 Å². The first-order valence-corrected chi connectivity index (χ1v) is 6.50. The Hall–Kier alpha value is -1.35. The van der Waals surface area contributed by atoms with Crippen LogP contribution in [-0.4, -0.2) is 17.1 Å². The Kier molecular flexibility index (Phi) is 5.86. The summed E-state index contributed by atoms with van der Waals surface area (Å²) in [6.07, 6.45) is 0.0985. The first-order chi connectivity index (χ1) is 8.50. The highest BCUT2D eigenvalue weighted by molar-refractivity contribution is 5.79. The van der Waals surface area contributed by atoms with Crippen molar-refractivity contribution in [3.63, 3.8) is 0 Å². The van der Waals surface area contributed by atoms with E-state index in [1.54, 1.807) is 6.92 Å². The predicted octanol–water partition coefficient (Wildman–Crippen LogP) is 2.35. The van der Waals surface area contributed by atoms with Crippen molar-refractivity contribution in [2.24, 2.45) is 11.8 Å². The Bertz CT molecular complexity index is 360. The van der Waals surface area contributed by atoms with Gasteiger partial charge in [0.25, 0.3) is 0 Å². The lowest BCUT2D eigenvalue weighted by molar-refractivity contribution is -0.129. The smallest absolute Gasteiger partial charge is 0.225 e. The fraction of sp³-hybridized carbons (Fsp3) is 0.533. The molecule has 0 fully saturated rings. The summed E-state index contributed by atoms with van der Waals surface area (Å²) in [5.74, 6) is 0.00309. The van der Waals surface area contributed by atoms with Crippen LogP contribution < -0.4 is 5.32 Å². The molecule has 0 aliphatic rings. The highest BCUT2D eigenvalue weighted by Crippen LogP contribution is 2.16. The Morgan fingerprint density at radius 3 is 2.33 bits per heavy atom. The number of hydrogen-bond acceptors (Lipinski definition) is 2. The van der Waals surface area contributed by atoms with Gasteiger partial charge < -0.3 is 10.4 Å². The number of aliphatic hydroxyl groups excluding tert-OH is 1. The molecule has 0 heterocycles. The largest absolute Gasteiger partial charge is 0.393 e. The summed E-state index contributed by atoms with van der Waals surface area (Å²) in [7, 11) is 0. The number of carbonyl (C=O) groups excluding carboxylic acids is 1. The maximum atomic E-state index is 12.0. The van der Waals surface area contributed by atoms with Gasteiger partial charge in [0.1, 0.15) is 0 Å². The lowest BCUT2D eigenvalue weighted by atomic mass is 9.92. The first-order valence-electron chi connectivity index (χ1n) is 6.50. The van der Waals surface area contributed by atoms with Crippen LogP contribution in [0.15, 0.2) is 30.3 Å². The average Bonchev–Trinajstić information content (AvgIpc) is 2.34. The van der Waals surface area contributed by atoms with Gasteiger partial charge >= 0.3 is 0 Å². The van der Waals surface area contributed by atoms with Crippen molar-refractivity contribution >= 4 is 5.91 Å². The van der Waals surface area contributed by atoms with Crippen LogP contribution in [0.4, 0.5) is 0 Å². The lowest BCUT2D eigenvalue weighted by Gasteiger charge is -2.21. The van der Waals surface area contributed by atoms with Crippen LogP contribution in [0.1, 0.15) is 32.8 Å². The summed E-state index contributed by atoms with van der Waals surface area (Å²) < 4.78 is 0. The van der Waals surface area contributed by atoms with Crippen molar-refractivity contribution in [1.82, 2.24) is 5.32 Å². The summed E-state index contributed by atoms with van der Waals surface area (Å²) in [5, 5.41) is 12.6. The standard InChI is InChI=1S/C15H23NO2/c1-11(2)9-14(12(3)17)15(18)16-10-13-7-5-4-6-8-13/h4-8,11-12,14,17H,9-10H2,1-3H3,(H,16,18)/t12-,14?/m1/s1. The summed E-state index contributed by atoms with van der Waals surface area (Å²) in [5.41, 5.74) is 1.07. The van der Waals surface area contributed by atoms with Crippen molar-refractivity contribution in [1.29, 1.82) is 0 Å². The molecule has 0 radical (unpaired) electrons. The summed E-state index contributed by atoms with van der Waals surface area (Å²) in [4.78, 5) is 12.0. The Morgan fingerprint density at radius 1 is 1.22 bits per heavy atom. The molecule has 1 amide bonds. The quantitative estimate of drug-likeness (QED) is 0.813. The average molecular weight is 249 g/mol. The van der Waals surface area contributed by atoms with Crippen LogP contribution >= 0.6 is 0 Å². The summed E-state index contributed by atoms with van der Waals surface area (Å²) >= 11 is 0. The summed E-state index contributed by atoms with van der Waals surface area (Å²) in [6, 6.07) is 9.78. The second-order valence-corrected chi connectivity index (χ2v) is 5.18. The van der Waals surface area contributed by atoms with Gasteiger partial charge in [-0.2, -0.15) is 0 Å². The van der Waals surface area contributed by atoms with Crippen molar-refractivity contribution in [3.05, 3.63) is 35.9 Å². The maximum absolute atomic E-state index is 12.0. The summed E-state index contributed by atoms with van der Waals surface area (Å²) in [6.45, 7) is 6.30. The number of rotatable bonds is 6. The number of nitrogens with one attached hydrogen (secondary N) is 1. The molecular formula is C15H23NO2. The minimum Gasteiger partial charge on any atom is -0.393 e. The molecule has 2 atom stereocenters. The van der Waals surface area contributed by atoms with Crippen LogP contribution in [0.3, 0.4) is 0 Å². The van der Waals surface area contributed by atoms with Crippen molar-refractivity contribution in [2.45, 2.75) is 39.8 Å². The molecule has 18 heavy (non-hydrogen) atoms. The normalized spacial score (nSPS) is 14.3. The fourth-order valence-corrected chi connectivity index (χ4v) is 1.95. The highest BCUT2D eigenvalue weighted by Gasteiger charge is 2.24. The van der Waals surface area contributed by atoms with Crippen LogP contribution in [0.25, 0.3) is 0 Å². The van der Waals surface area contributed by atoms with Gasteiger partial charge in [-0.1, -0.05) is 44.2 Å². The van der Waals surface area contributed by atoms with E-state index in [4.69, 9.17) is 0 Å². The van der Waals surface area contributed by atoms with E-state index in [2.05, 4.69) is 19.2 Å². The molecule has 0 aromatic heterocycles. The Balaban J connectivity index is 2.52. The van der Waals surface area contributed by atoms with Crippen LogP contribution in [0.5, 0.6) is 0 Å². The van der Waals surface area contributed by atoms with E-state index in [0.29, 0.717) is 18.9 Å². The van der Waals surface area contributed by atoms with E-state index in [9.17, 15) is 9.90 Å². The van der Waals surface area contributed by atoms with E-state index in [1.165, 1.54) is 0 Å². The van der Waals surface area contributed by atoms with E-state index in [1.807, 2.05) is 30.3 Å². The van der Waals surface area contributed by atoms with Gasteiger partial charge in [0.05, 0.1) is 12.0 Å². The fourth-order valence-electron chi connectivity index (χ4n) is 1.95. The lowest BCUT2D eigenvalue weighted by Crippen LogP contribution is -2.37. The minimum absolute atomic E-state index is 0.0671. The molecule has 2 N–H and O–H groups in total. The predicted molar refractivity (Wildman–Crippen MR) is 72.9 cm³/mol. The number of carbonyl (C=O) groups is 1. The van der Waals surface area contributed by atoms with Crippen molar-refractivity contribution < 1.29 is 9.90 Å². The molecular weight excluding hydrogens is 226 g/mol. The number of benzene rings is 1. The third kappa shape index (κ3) is 4.88. The molecule has 0 spiro atoms. The Morgan fingerprint density at radius 2 is 1.83 bits per heavy atom. The number of amides is 1. The van der Waals surface area contributed by atoms with Crippen LogP contribution in [0.2, 0.25) is 0 Å². The molecule has 0 aliphatic carbocycles. The van der Waals surface area contributed by atoms with E-state index in [0.717, 1.165) is 5.56 Å². The van der Waals surface area contributed by atoms with Crippen molar-refractivity contribution in [2.75, 3.05) is 0 Å². The van der Waals surface area contributed by atoms with Gasteiger partial charge in [-0.25, -0.2) is 0 Å². The van der Waals surface area contributed by atoms with Gasteiger partial charge in [-0.3, -0.25) is 4.79 Å². The van der Waals surface area contributed by atoms with Crippen LogP contribution in [0, 0.1) is 11.8 Å². The van der Waals surface area contributed by atoms with Crippen molar-refractivity contribution in [3.8, 4) is 0 Å². The minimum atomic E-state index is -0.608. The molecule has 0 bridgehead atoms. The molecule has 3 heteroatoms. The third-order valence-corrected chi connectivity index (χ3v) is 2.95. The second kappa shape index (κ2) is 7.17. The molecule has 1 unspecified atom stereocenters. The monoisotopic (exact) mass is 249 g/mol. The SMILES string of the molecule is CC(C)CC(C(=O)NCc1ccccc1)[C@@H](C)O. The van der Waals surface area contributed by atoms with Crippen LogP contribution in [-0.2, 0) is 11.3 Å². The molecule has 1 aromatic rings. The van der Waals surface area contributed by atoms with Gasteiger partial charge in [0.2, 0.25) is 5.91 Å². The molecule has 0 saturated carbocycles. The number of aliphatic hydroxyl groups is 1. The van der Waals surface area contributed by atoms with Gasteiger partial charge in [-0.05, 0) is 24.8 Å². The van der Waals surface area contributed by atoms with Gasteiger partial charge in [-0.15, -0.1) is 0 Å². The van der Waals surface area contributed by atoms with E-state index in [-0.39, 0.29) is 11.8 Å². The zero-order chi connectivity index (χ0) is 13.5. The zero-order valence-corrected chi connectivity index (χ0v) is 11.4. The molecule has 0 aliphatic heterocycles. The molecule has 0 saturated heterocycles. The molecule has 1 rings (SSSR count). The second-order valence-electron chi connectivity index (χ2n) is 5.18. The molecule has 3 nitrogen and oxygen atoms in total. The van der Waals surface area contributed by atoms with Gasteiger partial charge in [0.15, 0.2) is 0 Å². The molecule has 100 valence electrons. The van der Waals surface area contributed by atoms with Gasteiger partial charge in [0, 0.05) is 6.54 Å². The van der Waals surface area contributed by atoms with E-state index >= 15 is 0 Å². The highest BCUT2D eigenvalue weighted by atomic mass is 16.3. The topological polar surface area (TPSA) is 49.3 Å². The zero-order valence-electron chi connectivity index (χ0n) is 11.4. The van der Waals surface area contributed by atoms with E-state index < -0.39 is 6.10 Å². The number of hydrogen-bond donors (Lipinski definition) is 2. The third-order valence-electron chi connectivity index (χ3n) is 2.95. The maximum Gasteiger partial charge on any atom is 0.225 e. The molecule has 1 aromatic carbocycles. The first kappa shape index (κ1) is 14.7.